The standard InChI is InChI=1S/C16H20ClN3O/c1-11(17)15-18-13-7-3-4-8-14(13)20(15)12(2)16(21)19-9-5-6-10-19/h3-4,7-8,11-12H,5-6,9-10H2,1-2H3. The van der Waals surface area contributed by atoms with Crippen molar-refractivity contribution >= 4 is 28.5 Å². The van der Waals surface area contributed by atoms with E-state index < -0.39 is 0 Å². The summed E-state index contributed by atoms with van der Waals surface area (Å²) in [4.78, 5) is 19.2. The zero-order chi connectivity index (χ0) is 15.0. The van der Waals surface area contributed by atoms with E-state index >= 15 is 0 Å². The Morgan fingerprint density at radius 3 is 2.57 bits per heavy atom. The lowest BCUT2D eigenvalue weighted by Crippen LogP contribution is -2.34. The van der Waals surface area contributed by atoms with Gasteiger partial charge in [-0.3, -0.25) is 4.79 Å². The summed E-state index contributed by atoms with van der Waals surface area (Å²) in [5, 5.41) is -0.230. The van der Waals surface area contributed by atoms with Gasteiger partial charge in [-0.25, -0.2) is 4.98 Å². The van der Waals surface area contributed by atoms with E-state index in [1.807, 2.05) is 47.6 Å². The number of carbonyl (C=O) groups excluding carboxylic acids is 1. The molecule has 1 amide bonds. The number of amides is 1. The molecule has 0 spiro atoms. The van der Waals surface area contributed by atoms with Crippen LogP contribution in [-0.4, -0.2) is 33.4 Å². The summed E-state index contributed by atoms with van der Waals surface area (Å²) in [5.41, 5.74) is 1.86. The van der Waals surface area contributed by atoms with E-state index in [1.165, 1.54) is 0 Å². The molecule has 0 aliphatic carbocycles. The molecule has 1 aliphatic heterocycles. The van der Waals surface area contributed by atoms with Crippen LogP contribution in [-0.2, 0) is 4.79 Å². The van der Waals surface area contributed by atoms with Gasteiger partial charge in [0.05, 0.1) is 16.4 Å². The van der Waals surface area contributed by atoms with Gasteiger partial charge in [-0.1, -0.05) is 12.1 Å². The smallest absolute Gasteiger partial charge is 0.245 e. The van der Waals surface area contributed by atoms with Crippen molar-refractivity contribution in [1.82, 2.24) is 14.5 Å². The maximum atomic E-state index is 12.7. The molecule has 1 saturated heterocycles. The van der Waals surface area contributed by atoms with Crippen molar-refractivity contribution in [3.63, 3.8) is 0 Å². The molecule has 2 heterocycles. The number of likely N-dealkylation sites (tertiary alicyclic amines) is 1. The highest BCUT2D eigenvalue weighted by Gasteiger charge is 2.28. The minimum Gasteiger partial charge on any atom is -0.341 e. The number of nitrogens with zero attached hydrogens (tertiary/aromatic N) is 3. The molecule has 0 radical (unpaired) electrons. The fourth-order valence-corrected chi connectivity index (χ4v) is 3.22. The second-order valence-corrected chi connectivity index (χ2v) is 6.31. The molecule has 1 fully saturated rings. The maximum Gasteiger partial charge on any atom is 0.245 e. The van der Waals surface area contributed by atoms with Crippen molar-refractivity contribution in [1.29, 1.82) is 0 Å². The third-order valence-corrected chi connectivity index (χ3v) is 4.34. The van der Waals surface area contributed by atoms with Crippen LogP contribution in [0, 0.1) is 0 Å². The molecular formula is C16H20ClN3O. The number of rotatable bonds is 3. The van der Waals surface area contributed by atoms with E-state index in [2.05, 4.69) is 4.98 Å². The van der Waals surface area contributed by atoms with Crippen LogP contribution in [0.4, 0.5) is 0 Å². The summed E-state index contributed by atoms with van der Waals surface area (Å²) >= 11 is 6.28. The minimum absolute atomic E-state index is 0.161. The first-order chi connectivity index (χ1) is 10.1. The number of hydrogen-bond acceptors (Lipinski definition) is 2. The van der Waals surface area contributed by atoms with Crippen molar-refractivity contribution in [2.75, 3.05) is 13.1 Å². The van der Waals surface area contributed by atoms with Crippen LogP contribution < -0.4 is 0 Å². The highest BCUT2D eigenvalue weighted by Crippen LogP contribution is 2.29. The number of benzene rings is 1. The predicted molar refractivity (Wildman–Crippen MR) is 84.5 cm³/mol. The topological polar surface area (TPSA) is 38.1 Å². The average molecular weight is 306 g/mol. The Kier molecular flexibility index (Phi) is 3.89. The van der Waals surface area contributed by atoms with E-state index in [-0.39, 0.29) is 17.3 Å². The summed E-state index contributed by atoms with van der Waals surface area (Å²) in [6, 6.07) is 7.61. The van der Waals surface area contributed by atoms with E-state index in [4.69, 9.17) is 11.6 Å². The van der Waals surface area contributed by atoms with E-state index in [9.17, 15) is 4.79 Å². The van der Waals surface area contributed by atoms with Gasteiger partial charge in [0.1, 0.15) is 11.9 Å². The first-order valence-corrected chi connectivity index (χ1v) is 7.93. The Morgan fingerprint density at radius 2 is 1.90 bits per heavy atom. The number of alkyl halides is 1. The van der Waals surface area contributed by atoms with Crippen LogP contribution in [0.3, 0.4) is 0 Å². The quantitative estimate of drug-likeness (QED) is 0.814. The summed E-state index contributed by atoms with van der Waals surface area (Å²) in [6.45, 7) is 5.56. The third-order valence-electron chi connectivity index (χ3n) is 4.14. The van der Waals surface area contributed by atoms with E-state index in [1.54, 1.807) is 0 Å². The van der Waals surface area contributed by atoms with Gasteiger partial charge in [-0.2, -0.15) is 0 Å². The Bertz CT molecular complexity index is 659. The average Bonchev–Trinajstić information content (AvgIpc) is 3.12. The molecule has 21 heavy (non-hydrogen) atoms. The molecule has 1 aromatic carbocycles. The molecule has 3 rings (SSSR count). The number of fused-ring (bicyclic) bond motifs is 1. The lowest BCUT2D eigenvalue weighted by molar-refractivity contribution is -0.133. The SMILES string of the molecule is CC(Cl)c1nc2ccccc2n1C(C)C(=O)N1CCCC1. The highest BCUT2D eigenvalue weighted by molar-refractivity contribution is 6.20. The Balaban J connectivity index is 2.05. The first-order valence-electron chi connectivity index (χ1n) is 7.49. The van der Waals surface area contributed by atoms with Gasteiger partial charge in [0.15, 0.2) is 0 Å². The van der Waals surface area contributed by atoms with Crippen LogP contribution >= 0.6 is 11.6 Å². The van der Waals surface area contributed by atoms with Gasteiger partial charge in [0, 0.05) is 13.1 Å². The summed E-state index contributed by atoms with van der Waals surface area (Å²) in [7, 11) is 0. The number of para-hydroxylation sites is 2. The van der Waals surface area contributed by atoms with E-state index in [0.29, 0.717) is 0 Å². The predicted octanol–water partition coefficient (Wildman–Crippen LogP) is 3.52. The monoisotopic (exact) mass is 305 g/mol. The number of halogens is 1. The molecule has 2 atom stereocenters. The van der Waals surface area contributed by atoms with Crippen LogP contribution in [0.1, 0.15) is 43.9 Å². The second-order valence-electron chi connectivity index (χ2n) is 5.65. The molecule has 4 nitrogen and oxygen atoms in total. The lowest BCUT2D eigenvalue weighted by atomic mass is 10.2. The van der Waals surface area contributed by atoms with Crippen LogP contribution in [0.25, 0.3) is 11.0 Å². The molecule has 0 bridgehead atoms. The lowest BCUT2D eigenvalue weighted by Gasteiger charge is -2.23. The van der Waals surface area contributed by atoms with Gasteiger partial charge in [-0.15, -0.1) is 11.6 Å². The van der Waals surface area contributed by atoms with Gasteiger partial charge >= 0.3 is 0 Å². The van der Waals surface area contributed by atoms with Crippen molar-refractivity contribution in [3.8, 4) is 0 Å². The summed E-state index contributed by atoms with van der Waals surface area (Å²) in [5.74, 6) is 0.923. The molecule has 2 aromatic rings. The summed E-state index contributed by atoms with van der Waals surface area (Å²) in [6.07, 6.45) is 2.20. The largest absolute Gasteiger partial charge is 0.341 e. The Morgan fingerprint density at radius 1 is 1.24 bits per heavy atom. The number of carbonyl (C=O) groups is 1. The van der Waals surface area contributed by atoms with Gasteiger partial charge in [-0.05, 0) is 38.8 Å². The molecular weight excluding hydrogens is 286 g/mol. The van der Waals surface area contributed by atoms with Crippen molar-refractivity contribution < 1.29 is 4.79 Å². The molecule has 1 aliphatic rings. The van der Waals surface area contributed by atoms with Crippen LogP contribution in [0.15, 0.2) is 24.3 Å². The highest BCUT2D eigenvalue weighted by atomic mass is 35.5. The van der Waals surface area contributed by atoms with E-state index in [0.717, 1.165) is 42.8 Å². The summed E-state index contributed by atoms with van der Waals surface area (Å²) < 4.78 is 1.99. The minimum atomic E-state index is -0.272. The molecule has 0 saturated carbocycles. The molecule has 0 N–H and O–H groups in total. The molecule has 2 unspecified atom stereocenters. The maximum absolute atomic E-state index is 12.7. The first kappa shape index (κ1) is 14.4. The van der Waals surface area contributed by atoms with Crippen molar-refractivity contribution in [2.45, 2.75) is 38.1 Å². The second kappa shape index (κ2) is 5.68. The molecule has 112 valence electrons. The Hall–Kier alpha value is -1.55. The van der Waals surface area contributed by atoms with Crippen LogP contribution in [0.5, 0.6) is 0 Å². The number of hydrogen-bond donors (Lipinski definition) is 0. The molecule has 1 aromatic heterocycles. The fraction of sp³-hybridized carbons (Fsp3) is 0.500. The zero-order valence-electron chi connectivity index (χ0n) is 12.4. The van der Waals surface area contributed by atoms with Crippen LogP contribution in [0.2, 0.25) is 0 Å². The molecule has 5 heteroatoms. The van der Waals surface area contributed by atoms with Crippen molar-refractivity contribution in [2.24, 2.45) is 0 Å². The Labute approximate surface area is 129 Å². The van der Waals surface area contributed by atoms with Crippen molar-refractivity contribution in [3.05, 3.63) is 30.1 Å². The normalized spacial score (nSPS) is 18.1. The zero-order valence-corrected chi connectivity index (χ0v) is 13.2. The van der Waals surface area contributed by atoms with Gasteiger partial charge < -0.3 is 9.47 Å². The third kappa shape index (κ3) is 2.53. The van der Waals surface area contributed by atoms with Gasteiger partial charge in [0.2, 0.25) is 5.91 Å². The fourth-order valence-electron chi connectivity index (χ4n) is 3.06. The number of aromatic nitrogens is 2. The van der Waals surface area contributed by atoms with Gasteiger partial charge in [0.25, 0.3) is 0 Å². The number of imidazole rings is 1.